The summed E-state index contributed by atoms with van der Waals surface area (Å²) in [5.74, 6) is 0.559. The summed E-state index contributed by atoms with van der Waals surface area (Å²) < 4.78 is 7.47. The first-order valence-electron chi connectivity index (χ1n) is 5.31. The standard InChI is InChI=1S/C12H12N4O/c1-7-8(6-14-16(7)2)12-15-11-9(13)4-3-5-10(11)17-12/h3-6H,13H2,1-2H3. The van der Waals surface area contributed by atoms with Gasteiger partial charge in [0.15, 0.2) is 5.58 Å². The maximum absolute atomic E-state index is 5.85. The van der Waals surface area contributed by atoms with Crippen LogP contribution >= 0.6 is 0 Å². The van der Waals surface area contributed by atoms with Crippen LogP contribution in [0.1, 0.15) is 5.69 Å². The first kappa shape index (κ1) is 9.89. The topological polar surface area (TPSA) is 69.9 Å². The molecule has 0 amide bonds. The van der Waals surface area contributed by atoms with Gasteiger partial charge in [-0.15, -0.1) is 0 Å². The van der Waals surface area contributed by atoms with Gasteiger partial charge in [-0.25, -0.2) is 4.98 Å². The van der Waals surface area contributed by atoms with E-state index in [0.29, 0.717) is 22.7 Å². The van der Waals surface area contributed by atoms with E-state index in [2.05, 4.69) is 10.1 Å². The van der Waals surface area contributed by atoms with Crippen molar-refractivity contribution in [3.63, 3.8) is 0 Å². The van der Waals surface area contributed by atoms with Gasteiger partial charge in [-0.3, -0.25) is 4.68 Å². The SMILES string of the molecule is Cc1c(-c2nc3c(N)cccc3o2)cnn1C. The van der Waals surface area contributed by atoms with Crippen LogP contribution in [-0.2, 0) is 7.05 Å². The quantitative estimate of drug-likeness (QED) is 0.647. The van der Waals surface area contributed by atoms with Crippen LogP contribution < -0.4 is 5.73 Å². The van der Waals surface area contributed by atoms with E-state index in [9.17, 15) is 0 Å². The highest BCUT2D eigenvalue weighted by molar-refractivity contribution is 5.87. The van der Waals surface area contributed by atoms with Gasteiger partial charge in [0.25, 0.3) is 0 Å². The Morgan fingerprint density at radius 2 is 2.18 bits per heavy atom. The zero-order valence-electron chi connectivity index (χ0n) is 9.64. The summed E-state index contributed by atoms with van der Waals surface area (Å²) in [4.78, 5) is 4.41. The Labute approximate surface area is 97.9 Å². The van der Waals surface area contributed by atoms with Gasteiger partial charge in [0, 0.05) is 12.7 Å². The van der Waals surface area contributed by atoms with Crippen LogP contribution in [0.4, 0.5) is 5.69 Å². The number of aryl methyl sites for hydroxylation is 1. The lowest BCUT2D eigenvalue weighted by molar-refractivity contribution is 0.618. The summed E-state index contributed by atoms with van der Waals surface area (Å²) in [6.45, 7) is 1.97. The number of anilines is 1. The number of para-hydroxylation sites is 1. The molecule has 2 N–H and O–H groups in total. The highest BCUT2D eigenvalue weighted by atomic mass is 16.3. The Bertz CT molecular complexity index is 696. The molecular formula is C12H12N4O. The van der Waals surface area contributed by atoms with E-state index in [4.69, 9.17) is 10.2 Å². The second-order valence-electron chi connectivity index (χ2n) is 3.98. The van der Waals surface area contributed by atoms with E-state index in [0.717, 1.165) is 11.3 Å². The molecule has 17 heavy (non-hydrogen) atoms. The minimum absolute atomic E-state index is 0.559. The number of fused-ring (bicyclic) bond motifs is 1. The van der Waals surface area contributed by atoms with Gasteiger partial charge < -0.3 is 10.2 Å². The molecule has 1 aromatic carbocycles. The van der Waals surface area contributed by atoms with Gasteiger partial charge in [-0.1, -0.05) is 6.07 Å². The largest absolute Gasteiger partial charge is 0.436 e. The van der Waals surface area contributed by atoms with Crippen LogP contribution in [0.5, 0.6) is 0 Å². The Morgan fingerprint density at radius 1 is 1.35 bits per heavy atom. The van der Waals surface area contributed by atoms with Crippen molar-refractivity contribution in [2.45, 2.75) is 6.92 Å². The lowest BCUT2D eigenvalue weighted by Gasteiger charge is -1.94. The molecule has 0 aliphatic carbocycles. The molecule has 0 saturated heterocycles. The number of rotatable bonds is 1. The molecular weight excluding hydrogens is 216 g/mol. The van der Waals surface area contributed by atoms with Gasteiger partial charge in [0.2, 0.25) is 5.89 Å². The Kier molecular flexibility index (Phi) is 1.95. The molecule has 0 spiro atoms. The molecule has 0 saturated carbocycles. The molecule has 0 fully saturated rings. The van der Waals surface area contributed by atoms with Gasteiger partial charge in [0.05, 0.1) is 17.4 Å². The first-order valence-corrected chi connectivity index (χ1v) is 5.31. The molecule has 0 aliphatic rings. The predicted molar refractivity (Wildman–Crippen MR) is 65.4 cm³/mol. The van der Waals surface area contributed by atoms with E-state index >= 15 is 0 Å². The van der Waals surface area contributed by atoms with E-state index in [1.54, 1.807) is 10.9 Å². The summed E-state index contributed by atoms with van der Waals surface area (Å²) in [5, 5.41) is 4.17. The molecule has 0 aliphatic heterocycles. The fraction of sp³-hybridized carbons (Fsp3) is 0.167. The fourth-order valence-corrected chi connectivity index (χ4v) is 1.79. The lowest BCUT2D eigenvalue weighted by Crippen LogP contribution is -1.92. The van der Waals surface area contributed by atoms with Crippen molar-refractivity contribution >= 4 is 16.8 Å². The van der Waals surface area contributed by atoms with Crippen LogP contribution in [0.2, 0.25) is 0 Å². The molecule has 0 radical (unpaired) electrons. The highest BCUT2D eigenvalue weighted by Gasteiger charge is 2.14. The van der Waals surface area contributed by atoms with Crippen LogP contribution in [-0.4, -0.2) is 14.8 Å². The zero-order valence-corrected chi connectivity index (χ0v) is 9.64. The van der Waals surface area contributed by atoms with Crippen molar-refractivity contribution in [3.8, 4) is 11.5 Å². The average molecular weight is 228 g/mol. The molecule has 2 heterocycles. The summed E-state index contributed by atoms with van der Waals surface area (Å²) in [7, 11) is 1.88. The van der Waals surface area contributed by atoms with Crippen molar-refractivity contribution in [1.82, 2.24) is 14.8 Å². The lowest BCUT2D eigenvalue weighted by atomic mass is 10.2. The number of nitrogens with two attached hydrogens (primary N) is 1. The summed E-state index contributed by atoms with van der Waals surface area (Å²) >= 11 is 0. The second-order valence-corrected chi connectivity index (χ2v) is 3.98. The molecule has 0 unspecified atom stereocenters. The van der Waals surface area contributed by atoms with Gasteiger partial charge in [0.1, 0.15) is 5.52 Å². The third kappa shape index (κ3) is 1.39. The molecule has 0 bridgehead atoms. The summed E-state index contributed by atoms with van der Waals surface area (Å²) in [6.07, 6.45) is 1.75. The number of nitrogen functional groups attached to an aromatic ring is 1. The number of oxazole rings is 1. The molecule has 3 rings (SSSR count). The van der Waals surface area contributed by atoms with Crippen molar-refractivity contribution in [2.75, 3.05) is 5.73 Å². The van der Waals surface area contributed by atoms with Crippen LogP contribution in [0.3, 0.4) is 0 Å². The van der Waals surface area contributed by atoms with E-state index in [-0.39, 0.29) is 0 Å². The van der Waals surface area contributed by atoms with Crippen molar-refractivity contribution < 1.29 is 4.42 Å². The molecule has 2 aromatic heterocycles. The first-order chi connectivity index (χ1) is 8.16. The van der Waals surface area contributed by atoms with E-state index in [1.807, 2.05) is 32.2 Å². The maximum Gasteiger partial charge on any atom is 0.230 e. The summed E-state index contributed by atoms with van der Waals surface area (Å²) in [6, 6.07) is 5.52. The number of nitrogens with zero attached hydrogens (tertiary/aromatic N) is 3. The number of hydrogen-bond acceptors (Lipinski definition) is 4. The molecule has 3 aromatic rings. The predicted octanol–water partition coefficient (Wildman–Crippen LogP) is 2.12. The van der Waals surface area contributed by atoms with Crippen molar-refractivity contribution in [2.24, 2.45) is 7.05 Å². The van der Waals surface area contributed by atoms with Gasteiger partial charge in [-0.05, 0) is 19.1 Å². The second kappa shape index (κ2) is 3.35. The van der Waals surface area contributed by atoms with E-state index < -0.39 is 0 Å². The van der Waals surface area contributed by atoms with Crippen molar-refractivity contribution in [3.05, 3.63) is 30.1 Å². The Morgan fingerprint density at radius 3 is 2.82 bits per heavy atom. The minimum Gasteiger partial charge on any atom is -0.436 e. The Balaban J connectivity index is 2.25. The molecule has 86 valence electrons. The fourth-order valence-electron chi connectivity index (χ4n) is 1.79. The average Bonchev–Trinajstić information content (AvgIpc) is 2.85. The molecule has 0 atom stereocenters. The summed E-state index contributed by atoms with van der Waals surface area (Å²) in [5.41, 5.74) is 9.77. The normalized spacial score (nSPS) is 11.2. The monoisotopic (exact) mass is 228 g/mol. The van der Waals surface area contributed by atoms with Gasteiger partial charge >= 0.3 is 0 Å². The smallest absolute Gasteiger partial charge is 0.230 e. The third-order valence-corrected chi connectivity index (χ3v) is 2.92. The van der Waals surface area contributed by atoms with Crippen LogP contribution in [0.25, 0.3) is 22.6 Å². The number of hydrogen-bond donors (Lipinski definition) is 1. The maximum atomic E-state index is 5.85. The minimum atomic E-state index is 0.559. The van der Waals surface area contributed by atoms with Crippen molar-refractivity contribution in [1.29, 1.82) is 0 Å². The van der Waals surface area contributed by atoms with Crippen LogP contribution in [0, 0.1) is 6.92 Å². The molecule has 5 heteroatoms. The van der Waals surface area contributed by atoms with E-state index in [1.165, 1.54) is 0 Å². The van der Waals surface area contributed by atoms with Gasteiger partial charge in [-0.2, -0.15) is 5.10 Å². The zero-order chi connectivity index (χ0) is 12.0. The Hall–Kier alpha value is -2.30. The third-order valence-electron chi connectivity index (χ3n) is 2.92. The highest BCUT2D eigenvalue weighted by Crippen LogP contribution is 2.28. The molecule has 5 nitrogen and oxygen atoms in total. The number of benzene rings is 1. The van der Waals surface area contributed by atoms with Crippen LogP contribution in [0.15, 0.2) is 28.8 Å². The number of aromatic nitrogens is 3.